The lowest BCUT2D eigenvalue weighted by Gasteiger charge is -2.37. The van der Waals surface area contributed by atoms with Crippen LogP contribution < -0.4 is 4.90 Å². The van der Waals surface area contributed by atoms with E-state index in [1.807, 2.05) is 0 Å². The highest BCUT2D eigenvalue weighted by atomic mass is 16.5. The van der Waals surface area contributed by atoms with Gasteiger partial charge in [0.05, 0.1) is 13.2 Å². The summed E-state index contributed by atoms with van der Waals surface area (Å²) in [4.78, 5) is 9.96. The van der Waals surface area contributed by atoms with Gasteiger partial charge in [0.15, 0.2) is 0 Å². The number of aromatic nitrogens is 1. The molecular weight excluding hydrogens is 286 g/mol. The number of pyridine rings is 1. The summed E-state index contributed by atoms with van der Waals surface area (Å²) >= 11 is 0. The minimum Gasteiger partial charge on any atom is -0.378 e. The molecular formula is C19H31N3O. The normalized spacial score (nSPS) is 23.2. The zero-order valence-electron chi connectivity index (χ0n) is 14.8. The SMILES string of the molecule is CCCCN1CCCC[C@H]1c1ccc(N2CCOCC2)nc1C. The highest BCUT2D eigenvalue weighted by Crippen LogP contribution is 2.33. The first kappa shape index (κ1) is 16.7. The van der Waals surface area contributed by atoms with Crippen LogP contribution in [-0.4, -0.2) is 49.3 Å². The molecule has 0 radical (unpaired) electrons. The molecule has 3 heterocycles. The van der Waals surface area contributed by atoms with Crippen molar-refractivity contribution >= 4 is 5.82 Å². The molecule has 2 saturated heterocycles. The standard InChI is InChI=1S/C19H31N3O/c1-3-4-10-21-11-6-5-7-18(21)17-8-9-19(20-16(17)2)22-12-14-23-15-13-22/h8-9,18H,3-7,10-15H2,1-2H3/t18-/m0/s1. The van der Waals surface area contributed by atoms with Gasteiger partial charge in [-0.3, -0.25) is 4.90 Å². The van der Waals surface area contributed by atoms with Crippen LogP contribution in [0.4, 0.5) is 5.82 Å². The number of hydrogen-bond donors (Lipinski definition) is 0. The molecule has 0 bridgehead atoms. The average Bonchev–Trinajstić information content (AvgIpc) is 2.61. The average molecular weight is 317 g/mol. The van der Waals surface area contributed by atoms with Crippen LogP contribution in [0.3, 0.4) is 0 Å². The minimum atomic E-state index is 0.571. The number of rotatable bonds is 5. The summed E-state index contributed by atoms with van der Waals surface area (Å²) in [6, 6.07) is 5.13. The molecule has 0 aliphatic carbocycles. The van der Waals surface area contributed by atoms with Crippen molar-refractivity contribution in [2.24, 2.45) is 0 Å². The Morgan fingerprint density at radius 3 is 2.74 bits per heavy atom. The van der Waals surface area contributed by atoms with Crippen molar-refractivity contribution in [1.82, 2.24) is 9.88 Å². The number of ether oxygens (including phenoxy) is 1. The third kappa shape index (κ3) is 4.04. The Bertz CT molecular complexity index is 499. The van der Waals surface area contributed by atoms with E-state index < -0.39 is 0 Å². The van der Waals surface area contributed by atoms with Gasteiger partial charge in [0.2, 0.25) is 0 Å². The molecule has 0 N–H and O–H groups in total. The van der Waals surface area contributed by atoms with Crippen LogP contribution in [0.1, 0.15) is 56.3 Å². The molecule has 0 spiro atoms. The van der Waals surface area contributed by atoms with Crippen molar-refractivity contribution in [2.75, 3.05) is 44.3 Å². The number of morpholine rings is 1. The fourth-order valence-electron chi connectivity index (χ4n) is 3.85. The Morgan fingerprint density at radius 1 is 1.17 bits per heavy atom. The van der Waals surface area contributed by atoms with Gasteiger partial charge in [0, 0.05) is 24.8 Å². The summed E-state index contributed by atoms with van der Waals surface area (Å²) in [6.45, 7) is 10.5. The maximum Gasteiger partial charge on any atom is 0.128 e. The smallest absolute Gasteiger partial charge is 0.128 e. The van der Waals surface area contributed by atoms with E-state index in [9.17, 15) is 0 Å². The second-order valence-electron chi connectivity index (χ2n) is 6.84. The molecule has 128 valence electrons. The Morgan fingerprint density at radius 2 is 2.00 bits per heavy atom. The van der Waals surface area contributed by atoms with Crippen LogP contribution in [0.15, 0.2) is 12.1 Å². The summed E-state index contributed by atoms with van der Waals surface area (Å²) in [7, 11) is 0. The predicted molar refractivity (Wildman–Crippen MR) is 95.1 cm³/mol. The molecule has 1 aromatic rings. The van der Waals surface area contributed by atoms with E-state index in [0.29, 0.717) is 6.04 Å². The highest BCUT2D eigenvalue weighted by Gasteiger charge is 2.25. The molecule has 23 heavy (non-hydrogen) atoms. The molecule has 0 amide bonds. The Hall–Kier alpha value is -1.13. The first-order chi connectivity index (χ1) is 11.3. The van der Waals surface area contributed by atoms with Crippen LogP contribution in [0.25, 0.3) is 0 Å². The van der Waals surface area contributed by atoms with Gasteiger partial charge in [-0.25, -0.2) is 4.98 Å². The van der Waals surface area contributed by atoms with E-state index in [2.05, 4.69) is 35.8 Å². The van der Waals surface area contributed by atoms with E-state index in [0.717, 1.165) is 32.1 Å². The van der Waals surface area contributed by atoms with Crippen molar-refractivity contribution in [3.05, 3.63) is 23.4 Å². The predicted octanol–water partition coefficient (Wildman–Crippen LogP) is 3.55. The maximum absolute atomic E-state index is 5.45. The van der Waals surface area contributed by atoms with Crippen molar-refractivity contribution < 1.29 is 4.74 Å². The number of unbranched alkanes of at least 4 members (excludes halogenated alkanes) is 1. The van der Waals surface area contributed by atoms with Crippen LogP contribution in [-0.2, 0) is 4.74 Å². The summed E-state index contributed by atoms with van der Waals surface area (Å²) in [5.74, 6) is 1.12. The Labute approximate surface area is 140 Å². The Kier molecular flexibility index (Phi) is 5.90. The van der Waals surface area contributed by atoms with Crippen LogP contribution in [0, 0.1) is 6.92 Å². The van der Waals surface area contributed by atoms with Gasteiger partial charge in [0.25, 0.3) is 0 Å². The van der Waals surface area contributed by atoms with Gasteiger partial charge < -0.3 is 9.64 Å². The number of anilines is 1. The number of hydrogen-bond acceptors (Lipinski definition) is 4. The third-order valence-corrected chi connectivity index (χ3v) is 5.22. The lowest BCUT2D eigenvalue weighted by Crippen LogP contribution is -2.37. The second kappa shape index (κ2) is 8.11. The summed E-state index contributed by atoms with van der Waals surface area (Å²) in [5, 5.41) is 0. The fourth-order valence-corrected chi connectivity index (χ4v) is 3.85. The van der Waals surface area contributed by atoms with Crippen molar-refractivity contribution in [2.45, 2.75) is 52.0 Å². The number of likely N-dealkylation sites (tertiary alicyclic amines) is 1. The van der Waals surface area contributed by atoms with E-state index >= 15 is 0 Å². The molecule has 0 saturated carbocycles. The molecule has 2 aliphatic rings. The first-order valence-corrected chi connectivity index (χ1v) is 9.34. The van der Waals surface area contributed by atoms with Gasteiger partial charge in [-0.1, -0.05) is 25.8 Å². The monoisotopic (exact) mass is 317 g/mol. The molecule has 3 rings (SSSR count). The molecule has 0 unspecified atom stereocenters. The second-order valence-corrected chi connectivity index (χ2v) is 6.84. The molecule has 0 aromatic carbocycles. The van der Waals surface area contributed by atoms with Gasteiger partial charge >= 0.3 is 0 Å². The van der Waals surface area contributed by atoms with Crippen molar-refractivity contribution in [3.63, 3.8) is 0 Å². The summed E-state index contributed by atoms with van der Waals surface area (Å²) < 4.78 is 5.45. The van der Waals surface area contributed by atoms with Gasteiger partial charge in [-0.2, -0.15) is 0 Å². The van der Waals surface area contributed by atoms with Gasteiger partial charge in [0.1, 0.15) is 5.82 Å². The third-order valence-electron chi connectivity index (χ3n) is 5.22. The van der Waals surface area contributed by atoms with Crippen molar-refractivity contribution in [3.8, 4) is 0 Å². The zero-order valence-corrected chi connectivity index (χ0v) is 14.8. The summed E-state index contributed by atoms with van der Waals surface area (Å²) in [6.07, 6.45) is 6.55. The lowest BCUT2D eigenvalue weighted by atomic mass is 9.94. The minimum absolute atomic E-state index is 0.571. The molecule has 4 nitrogen and oxygen atoms in total. The van der Waals surface area contributed by atoms with E-state index in [-0.39, 0.29) is 0 Å². The van der Waals surface area contributed by atoms with Gasteiger partial charge in [-0.15, -0.1) is 0 Å². The largest absolute Gasteiger partial charge is 0.378 e. The van der Waals surface area contributed by atoms with Gasteiger partial charge in [-0.05, 0) is 50.9 Å². The first-order valence-electron chi connectivity index (χ1n) is 9.34. The van der Waals surface area contributed by atoms with E-state index in [4.69, 9.17) is 9.72 Å². The summed E-state index contributed by atoms with van der Waals surface area (Å²) in [5.41, 5.74) is 2.65. The molecule has 2 fully saturated rings. The van der Waals surface area contributed by atoms with E-state index in [1.54, 1.807) is 0 Å². The maximum atomic E-state index is 5.45. The van der Waals surface area contributed by atoms with Crippen LogP contribution in [0.2, 0.25) is 0 Å². The number of nitrogens with zero attached hydrogens (tertiary/aromatic N) is 3. The Balaban J connectivity index is 1.75. The zero-order chi connectivity index (χ0) is 16.1. The topological polar surface area (TPSA) is 28.6 Å². The highest BCUT2D eigenvalue weighted by molar-refractivity contribution is 5.43. The van der Waals surface area contributed by atoms with E-state index in [1.165, 1.54) is 56.5 Å². The molecule has 1 aromatic heterocycles. The molecule has 1 atom stereocenters. The quantitative estimate of drug-likeness (QED) is 0.830. The fraction of sp³-hybridized carbons (Fsp3) is 0.737. The van der Waals surface area contributed by atoms with Crippen LogP contribution >= 0.6 is 0 Å². The molecule has 4 heteroatoms. The molecule has 2 aliphatic heterocycles. The lowest BCUT2D eigenvalue weighted by molar-refractivity contribution is 0.122. The number of aryl methyl sites for hydroxylation is 1. The van der Waals surface area contributed by atoms with Crippen molar-refractivity contribution in [1.29, 1.82) is 0 Å². The van der Waals surface area contributed by atoms with Crippen LogP contribution in [0.5, 0.6) is 0 Å². The number of piperidine rings is 1.